The number of hydrogen-bond acceptors (Lipinski definition) is 3. The van der Waals surface area contributed by atoms with E-state index in [1.54, 1.807) is 0 Å². The Labute approximate surface area is 267 Å². The summed E-state index contributed by atoms with van der Waals surface area (Å²) in [7, 11) is 0. The van der Waals surface area contributed by atoms with Gasteiger partial charge in [-0.1, -0.05) is 104 Å². The Bertz CT molecular complexity index is 2330. The fraction of sp³-hybridized carbons (Fsp3) is 0.0750. The molecule has 0 bridgehead atoms. The van der Waals surface area contributed by atoms with E-state index in [2.05, 4.69) is 132 Å². The number of anilines is 6. The first kappa shape index (κ1) is 25.2. The second-order valence-electron chi connectivity index (χ2n) is 12.8. The van der Waals surface area contributed by atoms with E-state index >= 15 is 0 Å². The standard InChI is InChI=1S/C40H26BN3S/c1-40(2)27-13-4-5-17-31(27)43-33-22-25(24-11-8-12-26(21-24)42-3)23-34-37(33)41(29-15-9-14-28(40)38(29)43)30-16-10-20-36-39(30)44(34)32-18-6-7-19-35(32)45-36/h4-23H,1-2H3. The topological polar surface area (TPSA) is 10.8 Å². The molecule has 210 valence electrons. The van der Waals surface area contributed by atoms with Gasteiger partial charge < -0.3 is 9.80 Å². The molecule has 0 aromatic heterocycles. The Morgan fingerprint density at radius 3 is 2.07 bits per heavy atom. The van der Waals surface area contributed by atoms with Crippen LogP contribution in [0.3, 0.4) is 0 Å². The molecule has 0 unspecified atom stereocenters. The minimum absolute atomic E-state index is 0.1000. The van der Waals surface area contributed by atoms with Crippen LogP contribution >= 0.6 is 11.8 Å². The Kier molecular flexibility index (Phi) is 4.88. The first-order chi connectivity index (χ1) is 22.0. The quantitative estimate of drug-likeness (QED) is 0.139. The lowest BCUT2D eigenvalue weighted by Gasteiger charge is -2.50. The normalized spacial score (nSPS) is 15.3. The van der Waals surface area contributed by atoms with Crippen molar-refractivity contribution < 1.29 is 0 Å². The molecule has 0 radical (unpaired) electrons. The lowest BCUT2D eigenvalue weighted by Crippen LogP contribution is -2.62. The molecule has 4 heterocycles. The van der Waals surface area contributed by atoms with Crippen LogP contribution in [0.1, 0.15) is 25.0 Å². The molecule has 0 atom stereocenters. The Morgan fingerprint density at radius 2 is 1.24 bits per heavy atom. The van der Waals surface area contributed by atoms with Crippen LogP contribution in [0, 0.1) is 6.57 Å². The van der Waals surface area contributed by atoms with Gasteiger partial charge in [0.1, 0.15) is 0 Å². The van der Waals surface area contributed by atoms with E-state index in [0.29, 0.717) is 5.69 Å². The Balaban J connectivity index is 1.38. The Hall–Kier alpha value is -5.18. The second-order valence-corrected chi connectivity index (χ2v) is 13.9. The molecule has 5 heteroatoms. The van der Waals surface area contributed by atoms with E-state index in [-0.39, 0.29) is 12.1 Å². The van der Waals surface area contributed by atoms with Gasteiger partial charge >= 0.3 is 0 Å². The third-order valence-electron chi connectivity index (χ3n) is 10.2. The predicted octanol–water partition coefficient (Wildman–Crippen LogP) is 9.09. The van der Waals surface area contributed by atoms with Gasteiger partial charge in [-0.25, -0.2) is 4.85 Å². The summed E-state index contributed by atoms with van der Waals surface area (Å²) in [5.41, 5.74) is 16.9. The van der Waals surface area contributed by atoms with Crippen LogP contribution in [0.15, 0.2) is 131 Å². The van der Waals surface area contributed by atoms with E-state index in [1.165, 1.54) is 71.4 Å². The number of fused-ring (bicyclic) bond motifs is 8. The number of hydrogen-bond donors (Lipinski definition) is 0. The highest BCUT2D eigenvalue weighted by Gasteiger charge is 2.49. The monoisotopic (exact) mass is 591 g/mol. The smallest absolute Gasteiger partial charge is 0.252 e. The van der Waals surface area contributed by atoms with Crippen molar-refractivity contribution in [2.24, 2.45) is 0 Å². The predicted molar refractivity (Wildman–Crippen MR) is 188 cm³/mol. The molecule has 4 aliphatic heterocycles. The molecular formula is C40H26BN3S. The summed E-state index contributed by atoms with van der Waals surface area (Å²) in [5.74, 6) is 0. The van der Waals surface area contributed by atoms with Gasteiger partial charge in [0.15, 0.2) is 5.69 Å². The highest BCUT2D eigenvalue weighted by Crippen LogP contribution is 2.57. The number of rotatable bonds is 1. The van der Waals surface area contributed by atoms with Crippen LogP contribution in [0.2, 0.25) is 0 Å². The number of nitrogens with zero attached hydrogens (tertiary/aromatic N) is 3. The molecule has 0 saturated heterocycles. The van der Waals surface area contributed by atoms with Gasteiger partial charge in [0.2, 0.25) is 0 Å². The van der Waals surface area contributed by atoms with Gasteiger partial charge in [-0.15, -0.1) is 0 Å². The van der Waals surface area contributed by atoms with Crippen molar-refractivity contribution >= 4 is 74.7 Å². The number of benzene rings is 6. The van der Waals surface area contributed by atoms with Crippen molar-refractivity contribution in [2.75, 3.05) is 9.80 Å². The molecular weight excluding hydrogens is 565 g/mol. The van der Waals surface area contributed by atoms with Crippen LogP contribution < -0.4 is 26.2 Å². The number of para-hydroxylation sites is 4. The molecule has 0 spiro atoms. The van der Waals surface area contributed by atoms with Gasteiger partial charge in [-0.05, 0) is 81.1 Å². The molecule has 45 heavy (non-hydrogen) atoms. The molecule has 3 nitrogen and oxygen atoms in total. The van der Waals surface area contributed by atoms with Gasteiger partial charge in [-0.2, -0.15) is 0 Å². The summed E-state index contributed by atoms with van der Waals surface area (Å²) >= 11 is 1.87. The maximum atomic E-state index is 7.72. The van der Waals surface area contributed by atoms with Crippen molar-refractivity contribution in [2.45, 2.75) is 29.1 Å². The molecule has 10 rings (SSSR count). The third kappa shape index (κ3) is 3.17. The molecule has 0 fully saturated rings. The lowest BCUT2D eigenvalue weighted by atomic mass is 9.33. The second kappa shape index (κ2) is 8.72. The largest absolute Gasteiger partial charge is 0.311 e. The minimum atomic E-state index is -0.147. The van der Waals surface area contributed by atoms with E-state index in [0.717, 1.165) is 11.1 Å². The SMILES string of the molecule is [C-]#[N+]c1cccc(-c2cc3c4c(c2)N2c5ccccc5C(C)(C)c5cccc(c52)B4c2cccc4c2N3c2ccccc2S4)c1. The molecule has 0 amide bonds. The van der Waals surface area contributed by atoms with Gasteiger partial charge in [0.05, 0.1) is 23.6 Å². The van der Waals surface area contributed by atoms with E-state index in [1.807, 2.05) is 30.0 Å². The molecule has 6 aromatic carbocycles. The van der Waals surface area contributed by atoms with Crippen LogP contribution in [-0.4, -0.2) is 6.71 Å². The van der Waals surface area contributed by atoms with Crippen LogP contribution in [0.4, 0.5) is 39.8 Å². The van der Waals surface area contributed by atoms with Crippen molar-refractivity contribution in [1.29, 1.82) is 0 Å². The highest BCUT2D eigenvalue weighted by molar-refractivity contribution is 7.99. The third-order valence-corrected chi connectivity index (χ3v) is 11.3. The van der Waals surface area contributed by atoms with Gasteiger partial charge in [0.25, 0.3) is 6.71 Å². The summed E-state index contributed by atoms with van der Waals surface area (Å²) in [4.78, 5) is 11.4. The maximum absolute atomic E-state index is 7.72. The average molecular weight is 592 g/mol. The van der Waals surface area contributed by atoms with Gasteiger partial charge in [0, 0.05) is 32.3 Å². The first-order valence-corrected chi connectivity index (χ1v) is 16.2. The maximum Gasteiger partial charge on any atom is 0.252 e. The van der Waals surface area contributed by atoms with Crippen LogP contribution in [-0.2, 0) is 5.41 Å². The minimum Gasteiger partial charge on any atom is -0.311 e. The average Bonchev–Trinajstić information content (AvgIpc) is 3.08. The zero-order valence-electron chi connectivity index (χ0n) is 24.9. The summed E-state index contributed by atoms with van der Waals surface area (Å²) < 4.78 is 0. The first-order valence-electron chi connectivity index (χ1n) is 15.4. The van der Waals surface area contributed by atoms with E-state index < -0.39 is 0 Å². The molecule has 0 N–H and O–H groups in total. The molecule has 0 saturated carbocycles. The van der Waals surface area contributed by atoms with E-state index in [4.69, 9.17) is 6.57 Å². The summed E-state index contributed by atoms with van der Waals surface area (Å²) in [6.07, 6.45) is 0. The molecule has 0 aliphatic carbocycles. The molecule has 6 aromatic rings. The zero-order valence-corrected chi connectivity index (χ0v) is 25.7. The van der Waals surface area contributed by atoms with Gasteiger partial charge in [-0.3, -0.25) is 0 Å². The van der Waals surface area contributed by atoms with Crippen LogP contribution in [0.5, 0.6) is 0 Å². The van der Waals surface area contributed by atoms with Crippen molar-refractivity contribution in [3.63, 3.8) is 0 Å². The fourth-order valence-electron chi connectivity index (χ4n) is 8.26. The highest BCUT2D eigenvalue weighted by atomic mass is 32.2. The van der Waals surface area contributed by atoms with Crippen molar-refractivity contribution in [3.05, 3.63) is 144 Å². The summed E-state index contributed by atoms with van der Waals surface area (Å²) in [5, 5.41) is 0. The fourth-order valence-corrected chi connectivity index (χ4v) is 9.36. The van der Waals surface area contributed by atoms with Crippen molar-refractivity contribution in [3.8, 4) is 11.1 Å². The van der Waals surface area contributed by atoms with Crippen LogP contribution in [0.25, 0.3) is 16.0 Å². The zero-order chi connectivity index (χ0) is 30.0. The summed E-state index contributed by atoms with van der Waals surface area (Å²) in [6.45, 7) is 12.6. The Morgan fingerprint density at radius 1 is 0.600 bits per heavy atom. The van der Waals surface area contributed by atoms with Crippen molar-refractivity contribution in [1.82, 2.24) is 0 Å². The lowest BCUT2D eigenvalue weighted by molar-refractivity contribution is 0.632. The van der Waals surface area contributed by atoms with E-state index in [9.17, 15) is 0 Å². The summed E-state index contributed by atoms with van der Waals surface area (Å²) in [6, 6.07) is 44.3. The molecule has 4 aliphatic rings.